The maximum absolute atomic E-state index is 8.75. The molecule has 0 aromatic carbocycles. The van der Waals surface area contributed by atoms with Gasteiger partial charge in [0, 0.05) is 25.8 Å². The zero-order chi connectivity index (χ0) is 12.8. The van der Waals surface area contributed by atoms with E-state index in [1.807, 2.05) is 6.07 Å². The molecule has 1 aromatic rings. The summed E-state index contributed by atoms with van der Waals surface area (Å²) in [5, 5.41) is 11.9. The Morgan fingerprint density at radius 3 is 3.33 bits per heavy atom. The molecular weight excluding hydrogens is 230 g/mol. The standard InChI is InChI=1S/C12H17N5O/c1-2-17-5-6-18-11(9-17)8-15-12-14-4-3-10(7-13)16-12/h3-4,11H,2,5-6,8-9H2,1H3,(H,14,15,16). The Hall–Kier alpha value is -1.71. The van der Waals surface area contributed by atoms with E-state index in [-0.39, 0.29) is 6.10 Å². The number of morpholine rings is 1. The molecule has 1 aliphatic rings. The van der Waals surface area contributed by atoms with Crippen LogP contribution in [0.4, 0.5) is 5.95 Å². The number of hydrogen-bond donors (Lipinski definition) is 1. The molecule has 2 heterocycles. The van der Waals surface area contributed by atoms with Crippen molar-refractivity contribution in [2.75, 3.05) is 38.1 Å². The summed E-state index contributed by atoms with van der Waals surface area (Å²) in [4.78, 5) is 10.5. The molecule has 0 spiro atoms. The maximum Gasteiger partial charge on any atom is 0.223 e. The molecule has 96 valence electrons. The van der Waals surface area contributed by atoms with Crippen molar-refractivity contribution < 1.29 is 4.74 Å². The Labute approximate surface area is 107 Å². The van der Waals surface area contributed by atoms with E-state index in [0.29, 0.717) is 18.2 Å². The highest BCUT2D eigenvalue weighted by atomic mass is 16.5. The van der Waals surface area contributed by atoms with E-state index in [2.05, 4.69) is 27.1 Å². The molecular formula is C12H17N5O. The van der Waals surface area contributed by atoms with Gasteiger partial charge in [-0.2, -0.15) is 5.26 Å². The molecule has 1 aliphatic heterocycles. The molecule has 0 bridgehead atoms. The fraction of sp³-hybridized carbons (Fsp3) is 0.583. The summed E-state index contributed by atoms with van der Waals surface area (Å²) in [6.07, 6.45) is 1.72. The molecule has 0 saturated carbocycles. The number of anilines is 1. The van der Waals surface area contributed by atoms with E-state index >= 15 is 0 Å². The Balaban J connectivity index is 1.85. The third-order valence-electron chi connectivity index (χ3n) is 2.93. The molecule has 6 nitrogen and oxygen atoms in total. The van der Waals surface area contributed by atoms with E-state index in [0.717, 1.165) is 26.2 Å². The molecule has 0 aliphatic carbocycles. The topological polar surface area (TPSA) is 74.1 Å². The zero-order valence-electron chi connectivity index (χ0n) is 10.5. The Kier molecular flexibility index (Phi) is 4.45. The Bertz CT molecular complexity index is 431. The predicted molar refractivity (Wildman–Crippen MR) is 67.1 cm³/mol. The summed E-state index contributed by atoms with van der Waals surface area (Å²) in [6, 6.07) is 3.58. The van der Waals surface area contributed by atoms with Crippen LogP contribution in [0.5, 0.6) is 0 Å². The van der Waals surface area contributed by atoms with Crippen LogP contribution in [0.1, 0.15) is 12.6 Å². The molecule has 0 amide bonds. The number of aromatic nitrogens is 2. The van der Waals surface area contributed by atoms with E-state index in [9.17, 15) is 0 Å². The highest BCUT2D eigenvalue weighted by Gasteiger charge is 2.19. The Morgan fingerprint density at radius 2 is 2.56 bits per heavy atom. The second-order valence-corrected chi connectivity index (χ2v) is 4.14. The third kappa shape index (κ3) is 3.39. The largest absolute Gasteiger partial charge is 0.374 e. The smallest absolute Gasteiger partial charge is 0.223 e. The van der Waals surface area contributed by atoms with Crippen molar-refractivity contribution in [3.8, 4) is 6.07 Å². The average Bonchev–Trinajstić information content (AvgIpc) is 2.45. The lowest BCUT2D eigenvalue weighted by atomic mass is 10.2. The molecule has 0 radical (unpaired) electrons. The summed E-state index contributed by atoms with van der Waals surface area (Å²) in [7, 11) is 0. The van der Waals surface area contributed by atoms with Crippen LogP contribution in [-0.4, -0.2) is 53.8 Å². The first kappa shape index (κ1) is 12.7. The number of likely N-dealkylation sites (N-methyl/N-ethyl adjacent to an activating group) is 1. The minimum atomic E-state index is 0.146. The van der Waals surface area contributed by atoms with Crippen molar-refractivity contribution in [3.05, 3.63) is 18.0 Å². The van der Waals surface area contributed by atoms with Gasteiger partial charge in [-0.3, -0.25) is 4.90 Å². The minimum absolute atomic E-state index is 0.146. The van der Waals surface area contributed by atoms with Gasteiger partial charge >= 0.3 is 0 Å². The molecule has 1 aromatic heterocycles. The van der Waals surface area contributed by atoms with E-state index in [1.54, 1.807) is 12.3 Å². The van der Waals surface area contributed by atoms with Crippen molar-refractivity contribution in [1.29, 1.82) is 5.26 Å². The maximum atomic E-state index is 8.75. The number of hydrogen-bond acceptors (Lipinski definition) is 6. The predicted octanol–water partition coefficient (Wildman–Crippen LogP) is 0.481. The second kappa shape index (κ2) is 6.28. The fourth-order valence-electron chi connectivity index (χ4n) is 1.90. The molecule has 1 atom stereocenters. The highest BCUT2D eigenvalue weighted by Crippen LogP contribution is 2.06. The molecule has 1 N–H and O–H groups in total. The summed E-state index contributed by atoms with van der Waals surface area (Å²) in [5.41, 5.74) is 0.368. The van der Waals surface area contributed by atoms with Crippen LogP contribution in [-0.2, 0) is 4.74 Å². The lowest BCUT2D eigenvalue weighted by Gasteiger charge is -2.32. The lowest BCUT2D eigenvalue weighted by Crippen LogP contribution is -2.45. The van der Waals surface area contributed by atoms with Crippen molar-refractivity contribution >= 4 is 5.95 Å². The summed E-state index contributed by atoms with van der Waals surface area (Å²) in [6.45, 7) is 6.52. The number of nitrogens with zero attached hydrogens (tertiary/aromatic N) is 4. The van der Waals surface area contributed by atoms with Gasteiger partial charge in [-0.1, -0.05) is 6.92 Å². The number of rotatable bonds is 4. The number of ether oxygens (including phenoxy) is 1. The first-order valence-corrected chi connectivity index (χ1v) is 6.12. The van der Waals surface area contributed by atoms with Gasteiger partial charge < -0.3 is 10.1 Å². The molecule has 1 saturated heterocycles. The van der Waals surface area contributed by atoms with Crippen LogP contribution >= 0.6 is 0 Å². The molecule has 6 heteroatoms. The number of nitriles is 1. The summed E-state index contributed by atoms with van der Waals surface area (Å²) in [5.74, 6) is 0.478. The van der Waals surface area contributed by atoms with Crippen LogP contribution in [0, 0.1) is 11.3 Å². The second-order valence-electron chi connectivity index (χ2n) is 4.14. The van der Waals surface area contributed by atoms with Gasteiger partial charge in [-0.25, -0.2) is 9.97 Å². The van der Waals surface area contributed by atoms with Gasteiger partial charge in [0.15, 0.2) is 0 Å². The quantitative estimate of drug-likeness (QED) is 0.834. The first-order chi connectivity index (χ1) is 8.81. The van der Waals surface area contributed by atoms with E-state index in [1.165, 1.54) is 0 Å². The van der Waals surface area contributed by atoms with Crippen molar-refractivity contribution in [1.82, 2.24) is 14.9 Å². The van der Waals surface area contributed by atoms with Gasteiger partial charge in [-0.15, -0.1) is 0 Å². The zero-order valence-corrected chi connectivity index (χ0v) is 10.5. The van der Waals surface area contributed by atoms with Crippen molar-refractivity contribution in [2.45, 2.75) is 13.0 Å². The van der Waals surface area contributed by atoms with Crippen LogP contribution in [0.25, 0.3) is 0 Å². The van der Waals surface area contributed by atoms with E-state index in [4.69, 9.17) is 10.00 Å². The van der Waals surface area contributed by atoms with Crippen LogP contribution in [0.15, 0.2) is 12.3 Å². The normalized spacial score (nSPS) is 20.3. The SMILES string of the molecule is CCN1CCOC(CNc2nccc(C#N)n2)C1. The van der Waals surface area contributed by atoms with Crippen molar-refractivity contribution in [2.24, 2.45) is 0 Å². The summed E-state index contributed by atoms with van der Waals surface area (Å²) < 4.78 is 5.66. The van der Waals surface area contributed by atoms with Crippen LogP contribution < -0.4 is 5.32 Å². The summed E-state index contributed by atoms with van der Waals surface area (Å²) >= 11 is 0. The third-order valence-corrected chi connectivity index (χ3v) is 2.93. The fourth-order valence-corrected chi connectivity index (χ4v) is 1.90. The minimum Gasteiger partial charge on any atom is -0.374 e. The van der Waals surface area contributed by atoms with Crippen molar-refractivity contribution in [3.63, 3.8) is 0 Å². The van der Waals surface area contributed by atoms with Gasteiger partial charge in [-0.05, 0) is 12.6 Å². The lowest BCUT2D eigenvalue weighted by molar-refractivity contribution is -0.0192. The van der Waals surface area contributed by atoms with E-state index < -0.39 is 0 Å². The van der Waals surface area contributed by atoms with Crippen LogP contribution in [0.2, 0.25) is 0 Å². The number of nitrogens with one attached hydrogen (secondary N) is 1. The molecule has 18 heavy (non-hydrogen) atoms. The van der Waals surface area contributed by atoms with Gasteiger partial charge in [0.25, 0.3) is 0 Å². The Morgan fingerprint density at radius 1 is 1.67 bits per heavy atom. The molecule has 1 unspecified atom stereocenters. The van der Waals surface area contributed by atoms with Gasteiger partial charge in [0.1, 0.15) is 11.8 Å². The van der Waals surface area contributed by atoms with Gasteiger partial charge in [0.2, 0.25) is 5.95 Å². The average molecular weight is 247 g/mol. The van der Waals surface area contributed by atoms with Crippen LogP contribution in [0.3, 0.4) is 0 Å². The van der Waals surface area contributed by atoms with Gasteiger partial charge in [0.05, 0.1) is 12.7 Å². The monoisotopic (exact) mass is 247 g/mol. The highest BCUT2D eigenvalue weighted by molar-refractivity contribution is 5.30. The molecule has 1 fully saturated rings. The first-order valence-electron chi connectivity index (χ1n) is 6.12. The molecule has 2 rings (SSSR count).